The van der Waals surface area contributed by atoms with Gasteiger partial charge in [0.25, 0.3) is 0 Å². The Morgan fingerprint density at radius 3 is 2.27 bits per heavy atom. The average Bonchev–Trinajstić information content (AvgIpc) is 2.15. The quantitative estimate of drug-likeness (QED) is 0.562. The van der Waals surface area contributed by atoms with Crippen molar-refractivity contribution in [1.29, 1.82) is 0 Å². The third-order valence-corrected chi connectivity index (χ3v) is 2.77. The molecule has 0 aromatic carbocycles. The molecule has 3 heteroatoms. The normalized spacial score (nSPS) is 13.8. The van der Waals surface area contributed by atoms with E-state index in [0.29, 0.717) is 0 Å². The van der Waals surface area contributed by atoms with E-state index < -0.39 is 0 Å². The predicted octanol–water partition coefficient (Wildman–Crippen LogP) is 1.02. The maximum atomic E-state index is 3.54. The highest BCUT2D eigenvalue weighted by Crippen LogP contribution is 2.07. The Balaban J connectivity index is 3.45. The van der Waals surface area contributed by atoms with Crippen molar-refractivity contribution in [3.63, 3.8) is 0 Å². The third-order valence-electron chi connectivity index (χ3n) is 2.77. The second kappa shape index (κ2) is 9.13. The number of hydrogen-bond donors (Lipinski definition) is 2. The van der Waals surface area contributed by atoms with Gasteiger partial charge in [0.15, 0.2) is 0 Å². The van der Waals surface area contributed by atoms with E-state index in [9.17, 15) is 0 Å². The number of nitrogens with one attached hydrogen (secondary N) is 2. The Bertz CT molecular complexity index is 135. The molecule has 1 unspecified atom stereocenters. The van der Waals surface area contributed by atoms with Crippen molar-refractivity contribution in [3.8, 4) is 0 Å². The van der Waals surface area contributed by atoms with Crippen molar-refractivity contribution in [2.45, 2.75) is 20.3 Å². The van der Waals surface area contributed by atoms with Crippen LogP contribution >= 0.6 is 0 Å². The highest BCUT2D eigenvalue weighted by atomic mass is 15.1. The zero-order valence-corrected chi connectivity index (χ0v) is 11.1. The van der Waals surface area contributed by atoms with E-state index in [1.165, 1.54) is 13.0 Å². The van der Waals surface area contributed by atoms with E-state index in [-0.39, 0.29) is 0 Å². The maximum absolute atomic E-state index is 3.54. The first-order chi connectivity index (χ1) is 7.07. The summed E-state index contributed by atoms with van der Waals surface area (Å²) in [6, 6.07) is 0. The van der Waals surface area contributed by atoms with Gasteiger partial charge in [-0.25, -0.2) is 0 Å². The summed E-state index contributed by atoms with van der Waals surface area (Å²) in [4.78, 5) is 2.23. The SMILES string of the molecule is CNCC(CNCCCN(C)C)C(C)C. The van der Waals surface area contributed by atoms with E-state index in [1.54, 1.807) is 0 Å². The molecule has 1 atom stereocenters. The van der Waals surface area contributed by atoms with Crippen molar-refractivity contribution in [2.24, 2.45) is 11.8 Å². The minimum atomic E-state index is 0.745. The molecule has 0 aromatic heterocycles. The summed E-state index contributed by atoms with van der Waals surface area (Å²) in [7, 11) is 6.28. The second-order valence-electron chi connectivity index (χ2n) is 4.92. The van der Waals surface area contributed by atoms with Gasteiger partial charge in [-0.1, -0.05) is 13.8 Å². The van der Waals surface area contributed by atoms with Crippen LogP contribution in [0, 0.1) is 11.8 Å². The highest BCUT2D eigenvalue weighted by Gasteiger charge is 2.11. The first-order valence-electron chi connectivity index (χ1n) is 6.08. The van der Waals surface area contributed by atoms with Crippen LogP contribution in [-0.4, -0.2) is 52.2 Å². The zero-order chi connectivity index (χ0) is 11.7. The van der Waals surface area contributed by atoms with Crippen molar-refractivity contribution < 1.29 is 0 Å². The summed E-state index contributed by atoms with van der Waals surface area (Å²) in [6.07, 6.45) is 1.23. The molecule has 0 radical (unpaired) electrons. The summed E-state index contributed by atoms with van der Waals surface area (Å²) in [5, 5.41) is 6.80. The monoisotopic (exact) mass is 215 g/mol. The summed E-state index contributed by atoms with van der Waals surface area (Å²) in [5.74, 6) is 1.49. The van der Waals surface area contributed by atoms with Gasteiger partial charge >= 0.3 is 0 Å². The fourth-order valence-electron chi connectivity index (χ4n) is 1.61. The average molecular weight is 215 g/mol. The predicted molar refractivity (Wildman–Crippen MR) is 68.3 cm³/mol. The van der Waals surface area contributed by atoms with Crippen molar-refractivity contribution in [1.82, 2.24) is 15.5 Å². The van der Waals surface area contributed by atoms with E-state index in [2.05, 4.69) is 43.5 Å². The topological polar surface area (TPSA) is 27.3 Å². The molecular weight excluding hydrogens is 186 g/mol. The van der Waals surface area contributed by atoms with Gasteiger partial charge in [-0.05, 0) is 65.6 Å². The van der Waals surface area contributed by atoms with E-state index in [1.807, 2.05) is 7.05 Å². The highest BCUT2D eigenvalue weighted by molar-refractivity contribution is 4.67. The van der Waals surface area contributed by atoms with Gasteiger partial charge in [0.1, 0.15) is 0 Å². The molecule has 0 heterocycles. The largest absolute Gasteiger partial charge is 0.319 e. The molecule has 0 aliphatic rings. The summed E-state index contributed by atoms with van der Waals surface area (Å²) in [5.41, 5.74) is 0. The van der Waals surface area contributed by atoms with Gasteiger partial charge in [-0.2, -0.15) is 0 Å². The van der Waals surface area contributed by atoms with Gasteiger partial charge in [-0.3, -0.25) is 0 Å². The molecule has 2 N–H and O–H groups in total. The van der Waals surface area contributed by atoms with Gasteiger partial charge in [-0.15, -0.1) is 0 Å². The Hall–Kier alpha value is -0.120. The molecule has 0 bridgehead atoms. The van der Waals surface area contributed by atoms with E-state index in [0.717, 1.165) is 31.5 Å². The van der Waals surface area contributed by atoms with Crippen LogP contribution < -0.4 is 10.6 Å². The van der Waals surface area contributed by atoms with Crippen LogP contribution in [0.1, 0.15) is 20.3 Å². The van der Waals surface area contributed by atoms with Crippen LogP contribution in [0.5, 0.6) is 0 Å². The Morgan fingerprint density at radius 1 is 1.13 bits per heavy atom. The van der Waals surface area contributed by atoms with Crippen LogP contribution in [0.4, 0.5) is 0 Å². The molecule has 0 amide bonds. The molecule has 0 aliphatic carbocycles. The Morgan fingerprint density at radius 2 is 1.80 bits per heavy atom. The van der Waals surface area contributed by atoms with Gasteiger partial charge in [0.2, 0.25) is 0 Å². The molecule has 0 rings (SSSR count). The van der Waals surface area contributed by atoms with Gasteiger partial charge < -0.3 is 15.5 Å². The van der Waals surface area contributed by atoms with Crippen LogP contribution in [0.2, 0.25) is 0 Å². The number of hydrogen-bond acceptors (Lipinski definition) is 3. The fourth-order valence-corrected chi connectivity index (χ4v) is 1.61. The van der Waals surface area contributed by atoms with Crippen LogP contribution in [0.25, 0.3) is 0 Å². The first kappa shape index (κ1) is 14.9. The second-order valence-corrected chi connectivity index (χ2v) is 4.92. The molecule has 15 heavy (non-hydrogen) atoms. The summed E-state index contributed by atoms with van der Waals surface area (Å²) < 4.78 is 0. The van der Waals surface area contributed by atoms with Crippen LogP contribution in [-0.2, 0) is 0 Å². The minimum Gasteiger partial charge on any atom is -0.319 e. The lowest BCUT2D eigenvalue weighted by Gasteiger charge is -2.21. The first-order valence-corrected chi connectivity index (χ1v) is 6.08. The molecule has 0 saturated carbocycles. The molecule has 0 spiro atoms. The summed E-state index contributed by atoms with van der Waals surface area (Å²) >= 11 is 0. The molecule has 0 aromatic rings. The molecule has 92 valence electrons. The molecule has 0 aliphatic heterocycles. The van der Waals surface area contributed by atoms with E-state index in [4.69, 9.17) is 0 Å². The zero-order valence-electron chi connectivity index (χ0n) is 11.1. The lowest BCUT2D eigenvalue weighted by Crippen LogP contribution is -2.34. The molecular formula is C12H29N3. The minimum absolute atomic E-state index is 0.745. The number of nitrogens with zero attached hydrogens (tertiary/aromatic N) is 1. The summed E-state index contributed by atoms with van der Waals surface area (Å²) in [6.45, 7) is 9.13. The lowest BCUT2D eigenvalue weighted by atomic mass is 9.96. The molecule has 0 fully saturated rings. The Kier molecular flexibility index (Phi) is 9.06. The third kappa shape index (κ3) is 8.85. The molecule has 0 saturated heterocycles. The Labute approximate surface area is 95.6 Å². The van der Waals surface area contributed by atoms with Crippen molar-refractivity contribution in [3.05, 3.63) is 0 Å². The standard InChI is InChI=1S/C12H29N3/c1-11(2)12(9-13-3)10-14-7-6-8-15(4)5/h11-14H,6-10H2,1-5H3. The van der Waals surface area contributed by atoms with Crippen molar-refractivity contribution >= 4 is 0 Å². The van der Waals surface area contributed by atoms with Crippen LogP contribution in [0.15, 0.2) is 0 Å². The van der Waals surface area contributed by atoms with Gasteiger partial charge in [0, 0.05) is 0 Å². The van der Waals surface area contributed by atoms with Crippen LogP contribution in [0.3, 0.4) is 0 Å². The fraction of sp³-hybridized carbons (Fsp3) is 1.00. The number of rotatable bonds is 9. The maximum Gasteiger partial charge on any atom is -0.000592 e. The molecule has 3 nitrogen and oxygen atoms in total. The van der Waals surface area contributed by atoms with Crippen molar-refractivity contribution in [2.75, 3.05) is 47.3 Å². The van der Waals surface area contributed by atoms with E-state index >= 15 is 0 Å². The van der Waals surface area contributed by atoms with Gasteiger partial charge in [0.05, 0.1) is 0 Å². The smallest absolute Gasteiger partial charge is 0.000592 e. The lowest BCUT2D eigenvalue weighted by molar-refractivity contribution is 0.343.